The number of hydrogen-bond acceptors (Lipinski definition) is 4. The predicted molar refractivity (Wildman–Crippen MR) is 139 cm³/mol. The predicted octanol–water partition coefficient (Wildman–Crippen LogP) is 4.73. The van der Waals surface area contributed by atoms with Crippen LogP contribution >= 0.6 is 0 Å². The van der Waals surface area contributed by atoms with Crippen molar-refractivity contribution in [3.8, 4) is 0 Å². The number of rotatable bonds is 20. The molecule has 33 heavy (non-hydrogen) atoms. The molecule has 0 aliphatic carbocycles. The fourth-order valence-corrected chi connectivity index (χ4v) is 3.71. The van der Waals surface area contributed by atoms with E-state index in [0.29, 0.717) is 19.6 Å². The number of aliphatic hydroxyl groups is 1. The van der Waals surface area contributed by atoms with Crippen LogP contribution in [0, 0.1) is 0 Å². The van der Waals surface area contributed by atoms with Crippen molar-refractivity contribution in [3.63, 3.8) is 0 Å². The highest BCUT2D eigenvalue weighted by Gasteiger charge is 2.22. The molecule has 3 atom stereocenters. The quantitative estimate of drug-likeness (QED) is 0.179. The van der Waals surface area contributed by atoms with Gasteiger partial charge in [0.15, 0.2) is 0 Å². The fraction of sp³-hybridized carbons (Fsp3) is 0.778. The minimum atomic E-state index is -0.493. The molecule has 6 nitrogen and oxygen atoms in total. The molecular formula is C27H51N3O3. The molecule has 0 aliphatic rings. The van der Waals surface area contributed by atoms with Crippen molar-refractivity contribution in [2.45, 2.75) is 117 Å². The number of nitrogens with zero attached hydrogens (tertiary/aromatic N) is 1. The summed E-state index contributed by atoms with van der Waals surface area (Å²) in [6, 6.07) is 0.0602. The highest BCUT2D eigenvalue weighted by atomic mass is 16.3. The largest absolute Gasteiger partial charge is 0.392 e. The summed E-state index contributed by atoms with van der Waals surface area (Å²) in [5.74, 6) is -0.168. The van der Waals surface area contributed by atoms with Gasteiger partial charge in [0, 0.05) is 31.7 Å². The van der Waals surface area contributed by atoms with Crippen LogP contribution in [-0.2, 0) is 9.59 Å². The summed E-state index contributed by atoms with van der Waals surface area (Å²) in [5.41, 5.74) is 0. The third kappa shape index (κ3) is 18.5. The standard InChI is InChI=1S/C27H51N3O3/c1-6-8-10-12-14-16-18-26(32)28-20-23(3)30(22-25(5)31)24(4)21-29-27(33)19-17-15-13-11-9-7-2/h16-19,23-25,31H,6-15,20-22H2,1-5H3,(H,28,32)(H,29,33)/b18-16+,19-17+. The maximum absolute atomic E-state index is 12.1. The Kier molecular flexibility index (Phi) is 19.9. The lowest BCUT2D eigenvalue weighted by Gasteiger charge is -2.35. The average Bonchev–Trinajstić information content (AvgIpc) is 2.78. The zero-order valence-corrected chi connectivity index (χ0v) is 21.9. The van der Waals surface area contributed by atoms with Crippen molar-refractivity contribution < 1.29 is 14.7 Å². The summed E-state index contributed by atoms with van der Waals surface area (Å²) < 4.78 is 0. The molecule has 192 valence electrons. The molecule has 0 aromatic heterocycles. The molecular weight excluding hydrogens is 414 g/mol. The molecule has 2 amide bonds. The van der Waals surface area contributed by atoms with E-state index in [-0.39, 0.29) is 23.9 Å². The third-order valence-electron chi connectivity index (χ3n) is 5.74. The second kappa shape index (κ2) is 20.9. The number of hydrogen-bond donors (Lipinski definition) is 3. The number of aliphatic hydroxyl groups excluding tert-OH is 1. The van der Waals surface area contributed by atoms with E-state index in [1.54, 1.807) is 19.1 Å². The Bertz CT molecular complexity index is 517. The lowest BCUT2D eigenvalue weighted by Crippen LogP contribution is -2.52. The minimum Gasteiger partial charge on any atom is -0.392 e. The van der Waals surface area contributed by atoms with E-state index >= 15 is 0 Å². The number of carbonyl (C=O) groups is 2. The van der Waals surface area contributed by atoms with Crippen molar-refractivity contribution in [2.75, 3.05) is 19.6 Å². The topological polar surface area (TPSA) is 81.7 Å². The molecule has 0 radical (unpaired) electrons. The minimum absolute atomic E-state index is 0.0301. The molecule has 0 heterocycles. The van der Waals surface area contributed by atoms with E-state index in [9.17, 15) is 14.7 Å². The highest BCUT2D eigenvalue weighted by Crippen LogP contribution is 2.07. The van der Waals surface area contributed by atoms with Gasteiger partial charge >= 0.3 is 0 Å². The lowest BCUT2D eigenvalue weighted by atomic mass is 10.1. The zero-order valence-electron chi connectivity index (χ0n) is 21.9. The molecule has 0 aliphatic heterocycles. The van der Waals surface area contributed by atoms with Gasteiger partial charge in [0.1, 0.15) is 0 Å². The Morgan fingerprint density at radius 2 is 1.18 bits per heavy atom. The van der Waals surface area contributed by atoms with Crippen LogP contribution in [0.25, 0.3) is 0 Å². The van der Waals surface area contributed by atoms with Crippen molar-refractivity contribution >= 4 is 11.8 Å². The molecule has 0 saturated carbocycles. The Balaban J connectivity index is 4.45. The van der Waals surface area contributed by atoms with Crippen molar-refractivity contribution in [1.29, 1.82) is 0 Å². The van der Waals surface area contributed by atoms with Gasteiger partial charge in [-0.2, -0.15) is 0 Å². The van der Waals surface area contributed by atoms with Crippen molar-refractivity contribution in [2.24, 2.45) is 0 Å². The van der Waals surface area contributed by atoms with Gasteiger partial charge in [-0.05, 0) is 58.6 Å². The second-order valence-corrected chi connectivity index (χ2v) is 9.24. The van der Waals surface area contributed by atoms with E-state index < -0.39 is 6.10 Å². The number of allylic oxidation sites excluding steroid dienone is 2. The Morgan fingerprint density at radius 1 is 0.758 bits per heavy atom. The number of carbonyl (C=O) groups excluding carboxylic acids is 2. The van der Waals surface area contributed by atoms with Gasteiger partial charge in [0.05, 0.1) is 6.10 Å². The number of nitrogens with one attached hydrogen (secondary N) is 2. The van der Waals surface area contributed by atoms with Gasteiger partial charge in [0.2, 0.25) is 11.8 Å². The van der Waals surface area contributed by atoms with Gasteiger partial charge in [-0.25, -0.2) is 0 Å². The SMILES string of the molecule is CCCCCC/C=C/C(=O)NCC(C)N(CC(C)O)C(C)CNC(=O)/C=C/CCCCCC. The van der Waals surface area contributed by atoms with Gasteiger partial charge in [-0.15, -0.1) is 0 Å². The number of amides is 2. The summed E-state index contributed by atoms with van der Waals surface area (Å²) >= 11 is 0. The van der Waals surface area contributed by atoms with Crippen LogP contribution in [0.4, 0.5) is 0 Å². The van der Waals surface area contributed by atoms with Gasteiger partial charge in [-0.1, -0.05) is 64.5 Å². The first-order chi connectivity index (χ1) is 15.8. The summed E-state index contributed by atoms with van der Waals surface area (Å²) in [7, 11) is 0. The Labute approximate surface area is 203 Å². The first kappa shape index (κ1) is 31.3. The number of unbranched alkanes of at least 4 members (excludes halogenated alkanes) is 8. The molecule has 0 bridgehead atoms. The van der Waals surface area contributed by atoms with E-state index in [1.165, 1.54) is 38.5 Å². The van der Waals surface area contributed by atoms with Crippen LogP contribution in [0.15, 0.2) is 24.3 Å². The normalized spacial score (nSPS) is 14.6. The molecule has 0 rings (SSSR count). The molecule has 0 aromatic carbocycles. The van der Waals surface area contributed by atoms with Crippen LogP contribution in [0.3, 0.4) is 0 Å². The van der Waals surface area contributed by atoms with Crippen LogP contribution in [0.2, 0.25) is 0 Å². The molecule has 0 aromatic rings. The zero-order chi connectivity index (χ0) is 24.9. The fourth-order valence-electron chi connectivity index (χ4n) is 3.71. The second-order valence-electron chi connectivity index (χ2n) is 9.24. The van der Waals surface area contributed by atoms with E-state index in [0.717, 1.165) is 25.7 Å². The van der Waals surface area contributed by atoms with Gasteiger partial charge in [-0.3, -0.25) is 14.5 Å². The Hall–Kier alpha value is -1.66. The summed E-state index contributed by atoms with van der Waals surface area (Å²) in [6.07, 6.45) is 18.0. The van der Waals surface area contributed by atoms with E-state index in [1.807, 2.05) is 26.0 Å². The maximum atomic E-state index is 12.1. The van der Waals surface area contributed by atoms with Crippen LogP contribution in [-0.4, -0.2) is 59.6 Å². The highest BCUT2D eigenvalue weighted by molar-refractivity contribution is 5.87. The summed E-state index contributed by atoms with van der Waals surface area (Å²) in [4.78, 5) is 26.4. The van der Waals surface area contributed by atoms with Crippen LogP contribution in [0.1, 0.15) is 98.8 Å². The molecule has 0 saturated heterocycles. The van der Waals surface area contributed by atoms with Crippen molar-refractivity contribution in [3.05, 3.63) is 24.3 Å². The monoisotopic (exact) mass is 465 g/mol. The third-order valence-corrected chi connectivity index (χ3v) is 5.74. The summed E-state index contributed by atoms with van der Waals surface area (Å²) in [6.45, 7) is 11.7. The molecule has 6 heteroatoms. The molecule has 3 N–H and O–H groups in total. The van der Waals surface area contributed by atoms with Gasteiger partial charge in [0.25, 0.3) is 0 Å². The van der Waals surface area contributed by atoms with Crippen LogP contribution in [0.5, 0.6) is 0 Å². The lowest BCUT2D eigenvalue weighted by molar-refractivity contribution is -0.117. The Morgan fingerprint density at radius 3 is 1.55 bits per heavy atom. The first-order valence-electron chi connectivity index (χ1n) is 13.1. The molecule has 0 fully saturated rings. The smallest absolute Gasteiger partial charge is 0.243 e. The average molecular weight is 466 g/mol. The summed E-state index contributed by atoms with van der Waals surface area (Å²) in [5, 5.41) is 15.9. The molecule has 3 unspecified atom stereocenters. The van der Waals surface area contributed by atoms with Crippen molar-refractivity contribution in [1.82, 2.24) is 15.5 Å². The van der Waals surface area contributed by atoms with E-state index in [2.05, 4.69) is 29.4 Å². The van der Waals surface area contributed by atoms with Gasteiger partial charge < -0.3 is 15.7 Å². The van der Waals surface area contributed by atoms with Crippen LogP contribution < -0.4 is 10.6 Å². The first-order valence-corrected chi connectivity index (χ1v) is 13.1. The maximum Gasteiger partial charge on any atom is 0.243 e. The van der Waals surface area contributed by atoms with E-state index in [4.69, 9.17) is 0 Å². The molecule has 0 spiro atoms.